The molecule has 4 heteroatoms. The number of thiophene rings is 1. The van der Waals surface area contributed by atoms with E-state index < -0.39 is 5.97 Å². The number of carboxylic acids is 1. The molecular weight excluding hydrogens is 258 g/mol. The number of benzene rings is 1. The largest absolute Gasteiger partial charge is 0.481 e. The summed E-state index contributed by atoms with van der Waals surface area (Å²) < 4.78 is 0. The van der Waals surface area contributed by atoms with Crippen molar-refractivity contribution in [1.82, 2.24) is 4.90 Å². The van der Waals surface area contributed by atoms with Gasteiger partial charge in [-0.3, -0.25) is 9.69 Å². The second-order valence-corrected chi connectivity index (χ2v) is 5.35. The predicted molar refractivity (Wildman–Crippen MR) is 77.2 cm³/mol. The molecule has 0 saturated heterocycles. The first-order chi connectivity index (χ1) is 9.16. The van der Waals surface area contributed by atoms with Crippen LogP contribution in [0.25, 0.3) is 0 Å². The molecule has 0 fully saturated rings. The van der Waals surface area contributed by atoms with Gasteiger partial charge in [-0.15, -0.1) is 0 Å². The summed E-state index contributed by atoms with van der Waals surface area (Å²) in [5.74, 6) is -0.772. The molecule has 0 bridgehead atoms. The summed E-state index contributed by atoms with van der Waals surface area (Å²) in [4.78, 5) is 13.2. The van der Waals surface area contributed by atoms with Crippen molar-refractivity contribution in [3.8, 4) is 0 Å². The van der Waals surface area contributed by atoms with Gasteiger partial charge in [0.15, 0.2) is 0 Å². The number of aliphatic carboxylic acids is 1. The Bertz CT molecular complexity index is 510. The van der Waals surface area contributed by atoms with E-state index in [1.54, 1.807) is 11.3 Å². The highest BCUT2D eigenvalue weighted by Gasteiger charge is 2.20. The smallest absolute Gasteiger partial charge is 0.305 e. The molecule has 2 aromatic rings. The fourth-order valence-corrected chi connectivity index (χ4v) is 2.81. The first-order valence-corrected chi connectivity index (χ1v) is 7.09. The monoisotopic (exact) mass is 275 g/mol. The van der Waals surface area contributed by atoms with Crippen LogP contribution >= 0.6 is 11.3 Å². The number of hydrogen-bond donors (Lipinski definition) is 1. The molecule has 0 saturated carbocycles. The molecule has 0 aliphatic rings. The zero-order chi connectivity index (χ0) is 13.7. The van der Waals surface area contributed by atoms with Gasteiger partial charge in [-0.25, -0.2) is 0 Å². The summed E-state index contributed by atoms with van der Waals surface area (Å²) in [6.45, 7) is 0.760. The van der Waals surface area contributed by atoms with Crippen LogP contribution in [-0.2, 0) is 11.3 Å². The minimum Gasteiger partial charge on any atom is -0.481 e. The molecule has 1 atom stereocenters. The van der Waals surface area contributed by atoms with E-state index in [-0.39, 0.29) is 12.5 Å². The van der Waals surface area contributed by atoms with E-state index in [4.69, 9.17) is 5.11 Å². The zero-order valence-electron chi connectivity index (χ0n) is 10.8. The molecule has 100 valence electrons. The van der Waals surface area contributed by atoms with Crippen LogP contribution in [0.1, 0.15) is 23.6 Å². The van der Waals surface area contributed by atoms with Crippen molar-refractivity contribution in [3.05, 3.63) is 58.3 Å². The van der Waals surface area contributed by atoms with Gasteiger partial charge in [0.05, 0.1) is 6.42 Å². The van der Waals surface area contributed by atoms with Crippen LogP contribution < -0.4 is 0 Å². The number of rotatable bonds is 6. The molecule has 0 spiro atoms. The van der Waals surface area contributed by atoms with Crippen LogP contribution in [0.15, 0.2) is 47.2 Å². The molecule has 0 aliphatic heterocycles. The highest BCUT2D eigenvalue weighted by molar-refractivity contribution is 7.07. The van der Waals surface area contributed by atoms with Crippen LogP contribution in [0.2, 0.25) is 0 Å². The molecule has 0 radical (unpaired) electrons. The van der Waals surface area contributed by atoms with Crippen molar-refractivity contribution in [2.45, 2.75) is 19.0 Å². The van der Waals surface area contributed by atoms with E-state index in [9.17, 15) is 4.79 Å². The van der Waals surface area contributed by atoms with Gasteiger partial charge in [0, 0.05) is 12.6 Å². The van der Waals surface area contributed by atoms with E-state index in [0.29, 0.717) is 0 Å². The maximum Gasteiger partial charge on any atom is 0.305 e. The lowest BCUT2D eigenvalue weighted by atomic mass is 10.0. The predicted octanol–water partition coefficient (Wildman–Crippen LogP) is 3.40. The summed E-state index contributed by atoms with van der Waals surface area (Å²) >= 11 is 1.66. The number of hydrogen-bond acceptors (Lipinski definition) is 3. The number of carboxylic acid groups (broad SMARTS) is 1. The minimum absolute atomic E-state index is 0.0985. The van der Waals surface area contributed by atoms with E-state index in [0.717, 1.165) is 12.1 Å². The van der Waals surface area contributed by atoms with E-state index in [2.05, 4.69) is 16.3 Å². The van der Waals surface area contributed by atoms with Crippen molar-refractivity contribution in [2.24, 2.45) is 0 Å². The van der Waals surface area contributed by atoms with Gasteiger partial charge in [-0.1, -0.05) is 30.3 Å². The highest BCUT2D eigenvalue weighted by atomic mass is 32.1. The topological polar surface area (TPSA) is 40.5 Å². The lowest BCUT2D eigenvalue weighted by Crippen LogP contribution is -2.26. The maximum absolute atomic E-state index is 11.1. The molecule has 0 amide bonds. The van der Waals surface area contributed by atoms with Crippen LogP contribution in [0.5, 0.6) is 0 Å². The Kier molecular flexibility index (Phi) is 4.71. The van der Waals surface area contributed by atoms with Crippen LogP contribution in [0.4, 0.5) is 0 Å². The average Bonchev–Trinajstić information content (AvgIpc) is 2.89. The van der Waals surface area contributed by atoms with Crippen molar-refractivity contribution in [2.75, 3.05) is 7.05 Å². The van der Waals surface area contributed by atoms with Gasteiger partial charge in [-0.2, -0.15) is 11.3 Å². The van der Waals surface area contributed by atoms with Crippen molar-refractivity contribution < 1.29 is 9.90 Å². The fraction of sp³-hybridized carbons (Fsp3) is 0.267. The minimum atomic E-state index is -0.772. The van der Waals surface area contributed by atoms with Gasteiger partial charge in [0.2, 0.25) is 0 Å². The van der Waals surface area contributed by atoms with Gasteiger partial charge in [0.25, 0.3) is 0 Å². The normalized spacial score (nSPS) is 12.5. The number of carbonyl (C=O) groups is 1. The molecule has 0 aliphatic carbocycles. The average molecular weight is 275 g/mol. The maximum atomic E-state index is 11.1. The van der Waals surface area contributed by atoms with E-state index >= 15 is 0 Å². The third-order valence-corrected chi connectivity index (χ3v) is 3.83. The Morgan fingerprint density at radius 2 is 2.05 bits per heavy atom. The second-order valence-electron chi connectivity index (χ2n) is 4.57. The standard InChI is InChI=1S/C15H17NO2S/c1-16(10-12-7-8-19-11-12)14(9-15(17)18)13-5-3-2-4-6-13/h2-8,11,14H,9-10H2,1H3,(H,17,18). The highest BCUT2D eigenvalue weighted by Crippen LogP contribution is 2.25. The Balaban J connectivity index is 2.15. The van der Waals surface area contributed by atoms with Crippen LogP contribution in [0.3, 0.4) is 0 Å². The van der Waals surface area contributed by atoms with E-state index in [1.165, 1.54) is 5.56 Å². The quantitative estimate of drug-likeness (QED) is 0.878. The van der Waals surface area contributed by atoms with Gasteiger partial charge in [-0.05, 0) is 35.0 Å². The number of nitrogens with zero attached hydrogens (tertiary/aromatic N) is 1. The van der Waals surface area contributed by atoms with E-state index in [1.807, 2.05) is 42.8 Å². The Morgan fingerprint density at radius 3 is 2.63 bits per heavy atom. The summed E-state index contributed by atoms with van der Waals surface area (Å²) in [6, 6.07) is 11.8. The van der Waals surface area contributed by atoms with Gasteiger partial charge < -0.3 is 5.11 Å². The van der Waals surface area contributed by atoms with Crippen LogP contribution in [0, 0.1) is 0 Å². The van der Waals surface area contributed by atoms with Crippen molar-refractivity contribution in [1.29, 1.82) is 0 Å². The third-order valence-electron chi connectivity index (χ3n) is 3.10. The zero-order valence-corrected chi connectivity index (χ0v) is 11.6. The molecule has 1 aromatic carbocycles. The lowest BCUT2D eigenvalue weighted by molar-refractivity contribution is -0.138. The summed E-state index contributed by atoms with van der Waals surface area (Å²) in [5, 5.41) is 13.2. The molecule has 1 heterocycles. The first kappa shape index (κ1) is 13.8. The molecule has 1 N–H and O–H groups in total. The summed E-state index contributed by atoms with van der Waals surface area (Å²) in [6.07, 6.45) is 0.116. The molecule has 2 rings (SSSR count). The molecular formula is C15H17NO2S. The lowest BCUT2D eigenvalue weighted by Gasteiger charge is -2.27. The third kappa shape index (κ3) is 3.91. The molecule has 1 unspecified atom stereocenters. The summed E-state index contributed by atoms with van der Waals surface area (Å²) in [7, 11) is 1.97. The Morgan fingerprint density at radius 1 is 1.32 bits per heavy atom. The molecule has 19 heavy (non-hydrogen) atoms. The first-order valence-electron chi connectivity index (χ1n) is 6.15. The second kappa shape index (κ2) is 6.50. The SMILES string of the molecule is CN(Cc1ccsc1)C(CC(=O)O)c1ccccc1. The van der Waals surface area contributed by atoms with Gasteiger partial charge >= 0.3 is 5.97 Å². The van der Waals surface area contributed by atoms with Crippen molar-refractivity contribution >= 4 is 17.3 Å². The van der Waals surface area contributed by atoms with Crippen molar-refractivity contribution in [3.63, 3.8) is 0 Å². The Labute approximate surface area is 117 Å². The van der Waals surface area contributed by atoms with Gasteiger partial charge in [0.1, 0.15) is 0 Å². The van der Waals surface area contributed by atoms with Crippen LogP contribution in [-0.4, -0.2) is 23.0 Å². The fourth-order valence-electron chi connectivity index (χ4n) is 2.15. The Hall–Kier alpha value is -1.65. The molecule has 3 nitrogen and oxygen atoms in total. The molecule has 1 aromatic heterocycles. The summed E-state index contributed by atoms with van der Waals surface area (Å²) in [5.41, 5.74) is 2.27.